The molecule has 6 nitrogen and oxygen atoms in total. The number of pyridine rings is 1. The summed E-state index contributed by atoms with van der Waals surface area (Å²) in [5, 5.41) is 12.8. The van der Waals surface area contributed by atoms with Crippen LogP contribution in [0.1, 0.15) is 38.4 Å². The largest absolute Gasteiger partial charge is 0.306 e. The molecule has 1 unspecified atom stereocenters. The van der Waals surface area contributed by atoms with E-state index in [-0.39, 0.29) is 23.4 Å². The number of aryl methyl sites for hydroxylation is 1. The predicted octanol–water partition coefficient (Wildman–Crippen LogP) is 5.09. The van der Waals surface area contributed by atoms with Crippen LogP contribution < -0.4 is 5.32 Å². The van der Waals surface area contributed by atoms with Crippen molar-refractivity contribution in [2.75, 3.05) is 5.32 Å². The Morgan fingerprint density at radius 2 is 2.11 bits per heavy atom. The van der Waals surface area contributed by atoms with E-state index in [2.05, 4.69) is 20.5 Å². The van der Waals surface area contributed by atoms with Gasteiger partial charge >= 0.3 is 0 Å². The Bertz CT molecular complexity index is 1060. The van der Waals surface area contributed by atoms with Crippen molar-refractivity contribution in [2.45, 2.75) is 19.8 Å². The topological polar surface area (TPSA) is 83.8 Å². The monoisotopic (exact) mass is 390 g/mol. The Kier molecular flexibility index (Phi) is 5.08. The van der Waals surface area contributed by atoms with E-state index in [1.807, 2.05) is 30.5 Å². The Morgan fingerprint density at radius 1 is 1.21 bits per heavy atom. The van der Waals surface area contributed by atoms with Crippen LogP contribution in [0.2, 0.25) is 0 Å². The Morgan fingerprint density at radius 3 is 2.93 bits per heavy atom. The van der Waals surface area contributed by atoms with Gasteiger partial charge in [0.2, 0.25) is 0 Å². The number of azo groups is 1. The summed E-state index contributed by atoms with van der Waals surface area (Å²) in [6.45, 7) is 1.89. The van der Waals surface area contributed by atoms with Crippen LogP contribution in [0.5, 0.6) is 0 Å². The highest BCUT2D eigenvalue weighted by atomic mass is 32.1. The van der Waals surface area contributed by atoms with Gasteiger partial charge in [-0.25, -0.2) is 4.98 Å². The molecule has 0 saturated carbocycles. The van der Waals surface area contributed by atoms with E-state index < -0.39 is 0 Å². The van der Waals surface area contributed by atoms with Gasteiger partial charge in [-0.15, -0.1) is 11.3 Å². The van der Waals surface area contributed by atoms with E-state index in [0.29, 0.717) is 24.0 Å². The molecule has 2 aliphatic rings. The standard InChI is InChI=1S/C21H18N4O2S/c1-13-14(9-12-28-13)21(27)24-20-17(7-3-10-22-20)19(26)16-5-2-8-18-15(16)6-4-11-23-25-18/h2-4,7-12,16H,5-6H2,1H3,(H,22,24,27). The molecule has 2 aromatic heterocycles. The fraction of sp³-hybridized carbons (Fsp3) is 0.190. The minimum absolute atomic E-state index is 0.0761. The smallest absolute Gasteiger partial charge is 0.257 e. The third kappa shape index (κ3) is 3.48. The molecule has 1 aliphatic heterocycles. The zero-order valence-corrected chi connectivity index (χ0v) is 16.1. The first-order chi connectivity index (χ1) is 13.6. The maximum absolute atomic E-state index is 13.4. The van der Waals surface area contributed by atoms with Crippen LogP contribution in [-0.4, -0.2) is 16.7 Å². The zero-order chi connectivity index (χ0) is 19.5. The van der Waals surface area contributed by atoms with Crippen LogP contribution in [-0.2, 0) is 0 Å². The highest BCUT2D eigenvalue weighted by Crippen LogP contribution is 2.34. The van der Waals surface area contributed by atoms with Crippen molar-refractivity contribution in [1.82, 2.24) is 4.98 Å². The van der Waals surface area contributed by atoms with Crippen molar-refractivity contribution < 1.29 is 9.59 Å². The second-order valence-electron chi connectivity index (χ2n) is 6.51. The van der Waals surface area contributed by atoms with E-state index in [4.69, 9.17) is 0 Å². The lowest BCUT2D eigenvalue weighted by Gasteiger charge is -2.22. The number of amides is 1. The van der Waals surface area contributed by atoms with E-state index in [1.54, 1.807) is 30.6 Å². The molecule has 0 saturated heterocycles. The maximum atomic E-state index is 13.4. The molecule has 1 aliphatic carbocycles. The molecule has 0 radical (unpaired) electrons. The summed E-state index contributed by atoms with van der Waals surface area (Å²) in [5.41, 5.74) is 2.67. The van der Waals surface area contributed by atoms with Crippen molar-refractivity contribution in [2.24, 2.45) is 16.1 Å². The number of nitrogens with zero attached hydrogens (tertiary/aromatic N) is 3. The number of thiophene rings is 1. The number of rotatable bonds is 4. The van der Waals surface area contributed by atoms with Crippen LogP contribution >= 0.6 is 11.3 Å². The van der Waals surface area contributed by atoms with Crippen LogP contribution in [0, 0.1) is 12.8 Å². The molecule has 0 spiro atoms. The van der Waals surface area contributed by atoms with Gasteiger partial charge in [-0.3, -0.25) is 9.59 Å². The molecule has 1 amide bonds. The molecule has 0 fully saturated rings. The summed E-state index contributed by atoms with van der Waals surface area (Å²) in [4.78, 5) is 31.2. The van der Waals surface area contributed by atoms with Crippen molar-refractivity contribution in [3.05, 3.63) is 81.5 Å². The zero-order valence-electron chi connectivity index (χ0n) is 15.3. The summed E-state index contributed by atoms with van der Waals surface area (Å²) in [5.74, 6) is -0.399. The third-order valence-corrected chi connectivity index (χ3v) is 5.64. The van der Waals surface area contributed by atoms with Gasteiger partial charge in [-0.05, 0) is 55.0 Å². The highest BCUT2D eigenvalue weighted by Gasteiger charge is 2.29. The number of carbonyl (C=O) groups excluding carboxylic acids is 2. The molecule has 4 rings (SSSR count). The summed E-state index contributed by atoms with van der Waals surface area (Å²) >= 11 is 1.50. The van der Waals surface area contributed by atoms with E-state index in [0.717, 1.165) is 16.1 Å². The Labute approximate surface area is 166 Å². The van der Waals surface area contributed by atoms with Crippen LogP contribution in [0.25, 0.3) is 0 Å². The molecule has 1 N–H and O–H groups in total. The van der Waals surface area contributed by atoms with Crippen LogP contribution in [0.4, 0.5) is 5.82 Å². The summed E-state index contributed by atoms with van der Waals surface area (Å²) < 4.78 is 0. The summed E-state index contributed by atoms with van der Waals surface area (Å²) in [6.07, 6.45) is 10.2. The molecule has 2 aromatic rings. The number of hydrogen-bond acceptors (Lipinski definition) is 6. The molecule has 140 valence electrons. The first kappa shape index (κ1) is 18.2. The van der Waals surface area contributed by atoms with Crippen molar-refractivity contribution >= 4 is 28.8 Å². The van der Waals surface area contributed by atoms with Gasteiger partial charge in [0, 0.05) is 23.2 Å². The lowest BCUT2D eigenvalue weighted by Crippen LogP contribution is -2.22. The predicted molar refractivity (Wildman–Crippen MR) is 108 cm³/mol. The minimum Gasteiger partial charge on any atom is -0.306 e. The summed E-state index contributed by atoms with van der Waals surface area (Å²) in [6, 6.07) is 5.18. The number of Topliss-reactive ketones (excluding diaryl/α,β-unsaturated/α-hetero) is 1. The number of allylic oxidation sites excluding steroid dienone is 4. The van der Waals surface area contributed by atoms with E-state index >= 15 is 0 Å². The number of aromatic nitrogens is 1. The average Bonchev–Trinajstić information content (AvgIpc) is 2.99. The molecule has 1 atom stereocenters. The molecule has 0 bridgehead atoms. The van der Waals surface area contributed by atoms with Crippen molar-refractivity contribution in [1.29, 1.82) is 0 Å². The normalized spacial score (nSPS) is 18.0. The number of anilines is 1. The number of carbonyl (C=O) groups is 2. The van der Waals surface area contributed by atoms with Crippen molar-refractivity contribution in [3.8, 4) is 0 Å². The third-order valence-electron chi connectivity index (χ3n) is 4.80. The first-order valence-electron chi connectivity index (χ1n) is 8.95. The number of nitrogens with one attached hydrogen (secondary N) is 1. The molecule has 28 heavy (non-hydrogen) atoms. The minimum atomic E-state index is -0.343. The first-order valence-corrected chi connectivity index (χ1v) is 9.83. The van der Waals surface area contributed by atoms with Gasteiger partial charge in [-0.1, -0.05) is 12.2 Å². The lowest BCUT2D eigenvalue weighted by molar-refractivity contribution is 0.0938. The SMILES string of the molecule is Cc1sccc1C(=O)Nc1ncccc1C(=O)C1CC=CC2=C1CC=CN=N2. The van der Waals surface area contributed by atoms with Gasteiger partial charge in [0.1, 0.15) is 5.82 Å². The van der Waals surface area contributed by atoms with Gasteiger partial charge in [0.15, 0.2) is 5.78 Å². The van der Waals surface area contributed by atoms with Crippen LogP contribution in [0.3, 0.4) is 0 Å². The lowest BCUT2D eigenvalue weighted by atomic mass is 9.82. The average molecular weight is 390 g/mol. The highest BCUT2D eigenvalue weighted by molar-refractivity contribution is 7.10. The van der Waals surface area contributed by atoms with Crippen molar-refractivity contribution in [3.63, 3.8) is 0 Å². The summed E-state index contributed by atoms with van der Waals surface area (Å²) in [7, 11) is 0. The maximum Gasteiger partial charge on any atom is 0.257 e. The van der Waals surface area contributed by atoms with Crippen LogP contribution in [0.15, 0.2) is 75.7 Å². The fourth-order valence-electron chi connectivity index (χ4n) is 3.36. The fourth-order valence-corrected chi connectivity index (χ4v) is 4.06. The van der Waals surface area contributed by atoms with E-state index in [1.165, 1.54) is 11.3 Å². The Balaban J connectivity index is 1.64. The molecular weight excluding hydrogens is 372 g/mol. The molecular formula is C21H18N4O2S. The number of hydrogen-bond donors (Lipinski definition) is 1. The molecule has 3 heterocycles. The second kappa shape index (κ2) is 7.82. The Hall–Kier alpha value is -3.19. The van der Waals surface area contributed by atoms with Gasteiger partial charge in [0.05, 0.1) is 16.8 Å². The second-order valence-corrected chi connectivity index (χ2v) is 7.63. The molecule has 7 heteroatoms. The number of ketones is 1. The quantitative estimate of drug-likeness (QED) is 0.738. The van der Waals surface area contributed by atoms with Gasteiger partial charge in [0.25, 0.3) is 5.91 Å². The van der Waals surface area contributed by atoms with Gasteiger partial charge < -0.3 is 5.32 Å². The van der Waals surface area contributed by atoms with E-state index in [9.17, 15) is 9.59 Å². The van der Waals surface area contributed by atoms with Gasteiger partial charge in [-0.2, -0.15) is 10.2 Å². The molecule has 0 aromatic carbocycles.